The van der Waals surface area contributed by atoms with Crippen LogP contribution in [0.1, 0.15) is 30.1 Å². The molecule has 29 heavy (non-hydrogen) atoms. The molecule has 0 bridgehead atoms. The van der Waals surface area contributed by atoms with Crippen LogP contribution < -0.4 is 4.74 Å². The molecular weight excluding hydrogens is 373 g/mol. The summed E-state index contributed by atoms with van der Waals surface area (Å²) in [5.41, 5.74) is 1.55. The summed E-state index contributed by atoms with van der Waals surface area (Å²) in [6.07, 6.45) is 2.02. The fourth-order valence-electron chi connectivity index (χ4n) is 3.63. The van der Waals surface area contributed by atoms with Gasteiger partial charge in [-0.1, -0.05) is 29.4 Å². The standard InChI is InChI=1S/C22H22FN3O3/c1-28-19-7-3-2-6-18(19)22-24-21(25-29-22)16-5-4-12-26(14-16)20(27)13-15-8-10-17(23)11-9-15/h2-3,6-11,16H,4-5,12-14H2,1H3/t16-/m0/s1. The molecule has 1 aliphatic heterocycles. The van der Waals surface area contributed by atoms with Crippen LogP contribution in [-0.4, -0.2) is 41.1 Å². The molecule has 1 amide bonds. The summed E-state index contributed by atoms with van der Waals surface area (Å²) in [7, 11) is 1.60. The second kappa shape index (κ2) is 8.43. The maximum absolute atomic E-state index is 13.1. The Bertz CT molecular complexity index is 987. The fraction of sp³-hybridized carbons (Fsp3) is 0.318. The molecule has 4 rings (SSSR count). The quantitative estimate of drug-likeness (QED) is 0.657. The van der Waals surface area contributed by atoms with Crippen molar-refractivity contribution in [3.63, 3.8) is 0 Å². The molecule has 0 unspecified atom stereocenters. The van der Waals surface area contributed by atoms with Gasteiger partial charge in [0, 0.05) is 19.0 Å². The van der Waals surface area contributed by atoms with Gasteiger partial charge in [0.15, 0.2) is 5.82 Å². The number of carbonyl (C=O) groups excluding carboxylic acids is 1. The smallest absolute Gasteiger partial charge is 0.261 e. The number of rotatable bonds is 5. The van der Waals surface area contributed by atoms with Crippen LogP contribution in [0.3, 0.4) is 0 Å². The van der Waals surface area contributed by atoms with Gasteiger partial charge >= 0.3 is 0 Å². The zero-order chi connectivity index (χ0) is 20.2. The topological polar surface area (TPSA) is 68.5 Å². The van der Waals surface area contributed by atoms with E-state index in [-0.39, 0.29) is 24.1 Å². The highest BCUT2D eigenvalue weighted by atomic mass is 19.1. The van der Waals surface area contributed by atoms with E-state index in [1.54, 1.807) is 19.2 Å². The first kappa shape index (κ1) is 19.1. The van der Waals surface area contributed by atoms with Crippen molar-refractivity contribution in [2.24, 2.45) is 0 Å². The number of para-hydroxylation sites is 1. The van der Waals surface area contributed by atoms with Gasteiger partial charge in [-0.15, -0.1) is 0 Å². The molecule has 0 spiro atoms. The maximum Gasteiger partial charge on any atom is 0.261 e. The lowest BCUT2D eigenvalue weighted by Gasteiger charge is -2.31. The Morgan fingerprint density at radius 2 is 2.03 bits per heavy atom. The summed E-state index contributed by atoms with van der Waals surface area (Å²) in [5.74, 6) is 1.42. The Morgan fingerprint density at radius 3 is 2.83 bits per heavy atom. The van der Waals surface area contributed by atoms with Crippen LogP contribution in [0.15, 0.2) is 53.1 Å². The van der Waals surface area contributed by atoms with E-state index in [1.165, 1.54) is 12.1 Å². The highest BCUT2D eigenvalue weighted by Gasteiger charge is 2.28. The van der Waals surface area contributed by atoms with Crippen LogP contribution >= 0.6 is 0 Å². The molecule has 0 aliphatic carbocycles. The van der Waals surface area contributed by atoms with Crippen LogP contribution in [0.25, 0.3) is 11.5 Å². The lowest BCUT2D eigenvalue weighted by Crippen LogP contribution is -2.40. The van der Waals surface area contributed by atoms with E-state index in [4.69, 9.17) is 9.26 Å². The Hall–Kier alpha value is -3.22. The van der Waals surface area contributed by atoms with Crippen molar-refractivity contribution < 1.29 is 18.4 Å². The van der Waals surface area contributed by atoms with Crippen molar-refractivity contribution in [3.8, 4) is 17.2 Å². The number of hydrogen-bond donors (Lipinski definition) is 0. The minimum absolute atomic E-state index is 0.0214. The molecule has 0 saturated carbocycles. The summed E-state index contributed by atoms with van der Waals surface area (Å²) in [5, 5.41) is 4.16. The molecule has 2 aromatic carbocycles. The van der Waals surface area contributed by atoms with E-state index >= 15 is 0 Å². The molecule has 1 saturated heterocycles. The molecule has 1 atom stereocenters. The van der Waals surface area contributed by atoms with E-state index in [2.05, 4.69) is 10.1 Å². The largest absolute Gasteiger partial charge is 0.496 e. The first-order chi connectivity index (χ1) is 14.1. The Balaban J connectivity index is 1.45. The van der Waals surface area contributed by atoms with Gasteiger partial charge in [0.1, 0.15) is 11.6 Å². The third kappa shape index (κ3) is 4.29. The second-order valence-corrected chi connectivity index (χ2v) is 7.14. The highest BCUT2D eigenvalue weighted by Crippen LogP contribution is 2.31. The molecule has 2 heterocycles. The summed E-state index contributed by atoms with van der Waals surface area (Å²) in [6.45, 7) is 1.25. The molecule has 7 heteroatoms. The second-order valence-electron chi connectivity index (χ2n) is 7.14. The molecule has 150 valence electrons. The van der Waals surface area contributed by atoms with Crippen LogP contribution in [0.5, 0.6) is 5.75 Å². The molecule has 0 radical (unpaired) electrons. The van der Waals surface area contributed by atoms with Crippen molar-refractivity contribution >= 4 is 5.91 Å². The van der Waals surface area contributed by atoms with Crippen molar-refractivity contribution in [1.82, 2.24) is 15.0 Å². The summed E-state index contributed by atoms with van der Waals surface area (Å²) in [6, 6.07) is 13.5. The molecular formula is C22H22FN3O3. The number of ether oxygens (including phenoxy) is 1. The predicted molar refractivity (Wildman–Crippen MR) is 105 cm³/mol. The zero-order valence-corrected chi connectivity index (χ0v) is 16.2. The van der Waals surface area contributed by atoms with Gasteiger partial charge in [-0.05, 0) is 42.7 Å². The SMILES string of the molecule is COc1ccccc1-c1nc([C@H]2CCCN(C(=O)Cc3ccc(F)cc3)C2)no1. The third-order valence-corrected chi connectivity index (χ3v) is 5.19. The highest BCUT2D eigenvalue weighted by molar-refractivity contribution is 5.79. The Labute approximate surface area is 168 Å². The number of carbonyl (C=O) groups is 1. The van der Waals surface area contributed by atoms with E-state index in [9.17, 15) is 9.18 Å². The third-order valence-electron chi connectivity index (χ3n) is 5.19. The van der Waals surface area contributed by atoms with Gasteiger partial charge in [-0.3, -0.25) is 4.79 Å². The normalized spacial score (nSPS) is 16.6. The number of benzene rings is 2. The minimum atomic E-state index is -0.304. The summed E-state index contributed by atoms with van der Waals surface area (Å²) < 4.78 is 23.9. The average molecular weight is 395 g/mol. The van der Waals surface area contributed by atoms with E-state index in [0.29, 0.717) is 30.6 Å². The molecule has 3 aromatic rings. The van der Waals surface area contributed by atoms with Gasteiger partial charge < -0.3 is 14.2 Å². The van der Waals surface area contributed by atoms with Gasteiger partial charge in [0.05, 0.1) is 19.1 Å². The molecule has 1 aliphatic rings. The number of aromatic nitrogens is 2. The molecule has 0 N–H and O–H groups in total. The van der Waals surface area contributed by atoms with Crippen LogP contribution in [0.2, 0.25) is 0 Å². The van der Waals surface area contributed by atoms with Gasteiger partial charge in [0.2, 0.25) is 5.91 Å². The monoisotopic (exact) mass is 395 g/mol. The van der Waals surface area contributed by atoms with Crippen LogP contribution in [0.4, 0.5) is 4.39 Å². The van der Waals surface area contributed by atoms with E-state index in [0.717, 1.165) is 24.0 Å². The lowest BCUT2D eigenvalue weighted by atomic mass is 9.96. The van der Waals surface area contributed by atoms with Gasteiger partial charge in [0.25, 0.3) is 5.89 Å². The molecule has 1 fully saturated rings. The van der Waals surface area contributed by atoms with Crippen LogP contribution in [-0.2, 0) is 11.2 Å². The average Bonchev–Trinajstić information content (AvgIpc) is 3.25. The first-order valence-corrected chi connectivity index (χ1v) is 9.63. The van der Waals surface area contributed by atoms with Crippen molar-refractivity contribution in [2.45, 2.75) is 25.2 Å². The van der Waals surface area contributed by atoms with E-state index in [1.807, 2.05) is 29.2 Å². The number of methoxy groups -OCH3 is 1. The van der Waals surface area contributed by atoms with Crippen molar-refractivity contribution in [3.05, 3.63) is 65.7 Å². The number of nitrogens with zero attached hydrogens (tertiary/aromatic N) is 3. The Morgan fingerprint density at radius 1 is 1.24 bits per heavy atom. The van der Waals surface area contributed by atoms with Gasteiger partial charge in [-0.25, -0.2) is 4.39 Å². The number of amides is 1. The summed E-state index contributed by atoms with van der Waals surface area (Å²) in [4.78, 5) is 19.1. The Kier molecular flexibility index (Phi) is 5.55. The maximum atomic E-state index is 13.1. The zero-order valence-electron chi connectivity index (χ0n) is 16.2. The number of piperidine rings is 1. The predicted octanol–water partition coefficient (Wildman–Crippen LogP) is 3.83. The fourth-order valence-corrected chi connectivity index (χ4v) is 3.63. The number of likely N-dealkylation sites (tertiary alicyclic amines) is 1. The number of halogens is 1. The van der Waals surface area contributed by atoms with E-state index < -0.39 is 0 Å². The van der Waals surface area contributed by atoms with Crippen molar-refractivity contribution in [2.75, 3.05) is 20.2 Å². The minimum Gasteiger partial charge on any atom is -0.496 e. The lowest BCUT2D eigenvalue weighted by molar-refractivity contribution is -0.131. The van der Waals surface area contributed by atoms with Crippen molar-refractivity contribution in [1.29, 1.82) is 0 Å². The molecule has 6 nitrogen and oxygen atoms in total. The molecule has 1 aromatic heterocycles. The summed E-state index contributed by atoms with van der Waals surface area (Å²) >= 11 is 0. The first-order valence-electron chi connectivity index (χ1n) is 9.63. The van der Waals surface area contributed by atoms with Crippen LogP contribution in [0, 0.1) is 5.82 Å². The van der Waals surface area contributed by atoms with Gasteiger partial charge in [-0.2, -0.15) is 4.98 Å². The number of hydrogen-bond acceptors (Lipinski definition) is 5.